The van der Waals surface area contributed by atoms with Gasteiger partial charge in [-0.05, 0) is 56.1 Å². The molecule has 4 rings (SSSR count). The summed E-state index contributed by atoms with van der Waals surface area (Å²) in [6, 6.07) is 12.0. The quantitative estimate of drug-likeness (QED) is 0.784. The summed E-state index contributed by atoms with van der Waals surface area (Å²) in [5.74, 6) is 2.82. The molecule has 1 aromatic rings. The standard InChI is InChI=1S/C20H28N2OS.ClH/c23-20(12-16-10-17-6-7-18(11-16)21-17)22-9-8-15(13-22)14-24-19-4-2-1-3-5-19;/h1-5,15-18,21H,6-14H2;1H. The van der Waals surface area contributed by atoms with Crippen LogP contribution in [0.25, 0.3) is 0 Å². The first-order valence-corrected chi connectivity index (χ1v) is 10.5. The highest BCUT2D eigenvalue weighted by molar-refractivity contribution is 7.99. The van der Waals surface area contributed by atoms with E-state index in [4.69, 9.17) is 0 Å². The highest BCUT2D eigenvalue weighted by atomic mass is 35.5. The van der Waals surface area contributed by atoms with Crippen molar-refractivity contribution in [3.63, 3.8) is 0 Å². The minimum atomic E-state index is 0. The predicted octanol–water partition coefficient (Wildman–Crippen LogP) is 3.97. The highest BCUT2D eigenvalue weighted by Gasteiger charge is 2.35. The number of nitrogens with one attached hydrogen (secondary N) is 1. The molecule has 1 aromatic carbocycles. The van der Waals surface area contributed by atoms with Gasteiger partial charge in [-0.3, -0.25) is 4.79 Å². The van der Waals surface area contributed by atoms with Crippen molar-refractivity contribution in [1.29, 1.82) is 0 Å². The van der Waals surface area contributed by atoms with Gasteiger partial charge in [-0.2, -0.15) is 0 Å². The summed E-state index contributed by atoms with van der Waals surface area (Å²) in [4.78, 5) is 16.1. The molecule has 0 radical (unpaired) electrons. The van der Waals surface area contributed by atoms with E-state index < -0.39 is 0 Å². The highest BCUT2D eigenvalue weighted by Crippen LogP contribution is 2.33. The normalized spacial score (nSPS) is 31.0. The zero-order valence-electron chi connectivity index (χ0n) is 14.7. The van der Waals surface area contributed by atoms with E-state index in [0.717, 1.165) is 25.3 Å². The van der Waals surface area contributed by atoms with E-state index in [0.29, 0.717) is 29.8 Å². The molecule has 3 unspecified atom stereocenters. The number of hydrogen-bond acceptors (Lipinski definition) is 3. The molecule has 0 saturated carbocycles. The first-order valence-electron chi connectivity index (χ1n) is 9.48. The SMILES string of the molecule is Cl.O=C(CC1CC2CCC(C1)N2)N1CCC(CSc2ccccc2)C1. The van der Waals surface area contributed by atoms with Gasteiger partial charge in [0.1, 0.15) is 0 Å². The Morgan fingerprint density at radius 3 is 2.52 bits per heavy atom. The third-order valence-electron chi connectivity index (χ3n) is 5.90. The molecule has 3 atom stereocenters. The summed E-state index contributed by atoms with van der Waals surface area (Å²) in [5, 5.41) is 3.67. The third kappa shape index (κ3) is 4.93. The summed E-state index contributed by atoms with van der Waals surface area (Å²) in [6.45, 7) is 1.94. The van der Waals surface area contributed by atoms with Gasteiger partial charge >= 0.3 is 0 Å². The lowest BCUT2D eigenvalue weighted by Gasteiger charge is -2.30. The third-order valence-corrected chi connectivity index (χ3v) is 7.15. The fourth-order valence-corrected chi connectivity index (χ4v) is 5.69. The molecule has 1 N–H and O–H groups in total. The Balaban J connectivity index is 0.00000182. The van der Waals surface area contributed by atoms with E-state index in [2.05, 4.69) is 40.5 Å². The van der Waals surface area contributed by atoms with Gasteiger partial charge in [0.25, 0.3) is 0 Å². The Kier molecular flexibility index (Phi) is 6.70. The van der Waals surface area contributed by atoms with Crippen LogP contribution in [-0.4, -0.2) is 41.7 Å². The lowest BCUT2D eigenvalue weighted by Crippen LogP contribution is -2.40. The number of halogens is 1. The number of amides is 1. The van der Waals surface area contributed by atoms with Gasteiger partial charge in [0.2, 0.25) is 5.91 Å². The minimum absolute atomic E-state index is 0. The Morgan fingerprint density at radius 2 is 1.80 bits per heavy atom. The molecule has 0 aromatic heterocycles. The molecular formula is C20H29ClN2OS. The number of piperidine rings is 1. The average Bonchev–Trinajstić information content (AvgIpc) is 3.20. The second-order valence-corrected chi connectivity index (χ2v) is 8.89. The number of fused-ring (bicyclic) bond motifs is 2. The van der Waals surface area contributed by atoms with Gasteiger partial charge in [-0.1, -0.05) is 18.2 Å². The zero-order chi connectivity index (χ0) is 16.4. The van der Waals surface area contributed by atoms with Gasteiger partial charge in [-0.25, -0.2) is 0 Å². The second kappa shape index (κ2) is 8.79. The molecule has 5 heteroatoms. The molecule has 0 aliphatic carbocycles. The van der Waals surface area contributed by atoms with Crippen molar-refractivity contribution in [2.75, 3.05) is 18.8 Å². The van der Waals surface area contributed by atoms with Crippen LogP contribution in [-0.2, 0) is 4.79 Å². The van der Waals surface area contributed by atoms with Gasteiger partial charge < -0.3 is 10.2 Å². The van der Waals surface area contributed by atoms with Crippen LogP contribution in [0.3, 0.4) is 0 Å². The van der Waals surface area contributed by atoms with Crippen LogP contribution in [0.4, 0.5) is 0 Å². The molecule has 3 fully saturated rings. The number of carbonyl (C=O) groups is 1. The van der Waals surface area contributed by atoms with Gasteiger partial charge in [0, 0.05) is 42.2 Å². The molecule has 138 valence electrons. The lowest BCUT2D eigenvalue weighted by atomic mass is 9.89. The number of thioether (sulfide) groups is 1. The second-order valence-electron chi connectivity index (χ2n) is 7.80. The number of nitrogens with zero attached hydrogens (tertiary/aromatic N) is 1. The first kappa shape index (κ1) is 19.1. The molecule has 3 saturated heterocycles. The van der Waals surface area contributed by atoms with Crippen LogP contribution in [0.2, 0.25) is 0 Å². The van der Waals surface area contributed by atoms with Gasteiger partial charge in [0.05, 0.1) is 0 Å². The fourth-order valence-electron chi connectivity index (χ4n) is 4.64. The van der Waals surface area contributed by atoms with Crippen molar-refractivity contribution in [2.45, 2.75) is 55.5 Å². The zero-order valence-corrected chi connectivity index (χ0v) is 16.4. The molecule has 2 bridgehead atoms. The lowest BCUT2D eigenvalue weighted by molar-refractivity contribution is -0.131. The Labute approximate surface area is 161 Å². The van der Waals surface area contributed by atoms with E-state index in [1.54, 1.807) is 0 Å². The number of hydrogen-bond donors (Lipinski definition) is 1. The minimum Gasteiger partial charge on any atom is -0.342 e. The van der Waals surface area contributed by atoms with Crippen LogP contribution in [0.5, 0.6) is 0 Å². The van der Waals surface area contributed by atoms with Crippen LogP contribution < -0.4 is 5.32 Å². The van der Waals surface area contributed by atoms with Crippen molar-refractivity contribution < 1.29 is 4.79 Å². The molecule has 1 amide bonds. The van der Waals surface area contributed by atoms with E-state index in [1.807, 2.05) is 11.8 Å². The summed E-state index contributed by atoms with van der Waals surface area (Å²) in [6.07, 6.45) is 7.01. The number of benzene rings is 1. The number of carbonyl (C=O) groups excluding carboxylic acids is 1. The van der Waals surface area contributed by atoms with Crippen molar-refractivity contribution in [1.82, 2.24) is 10.2 Å². The number of rotatable bonds is 5. The van der Waals surface area contributed by atoms with Crippen LogP contribution in [0.1, 0.15) is 38.5 Å². The Hall–Kier alpha value is -0.710. The van der Waals surface area contributed by atoms with Crippen molar-refractivity contribution in [3.05, 3.63) is 30.3 Å². The topological polar surface area (TPSA) is 32.3 Å². The maximum Gasteiger partial charge on any atom is 0.222 e. The molecule has 3 heterocycles. The first-order chi connectivity index (χ1) is 11.8. The average molecular weight is 381 g/mol. The fraction of sp³-hybridized carbons (Fsp3) is 0.650. The Morgan fingerprint density at radius 1 is 1.08 bits per heavy atom. The summed E-state index contributed by atoms with van der Waals surface area (Å²) in [7, 11) is 0. The van der Waals surface area contributed by atoms with E-state index in [-0.39, 0.29) is 12.4 Å². The molecule has 3 aliphatic rings. The smallest absolute Gasteiger partial charge is 0.222 e. The van der Waals surface area contributed by atoms with Crippen molar-refractivity contribution in [3.8, 4) is 0 Å². The molecule has 25 heavy (non-hydrogen) atoms. The summed E-state index contributed by atoms with van der Waals surface area (Å²) < 4.78 is 0. The van der Waals surface area contributed by atoms with Crippen LogP contribution in [0, 0.1) is 11.8 Å². The van der Waals surface area contributed by atoms with E-state index >= 15 is 0 Å². The van der Waals surface area contributed by atoms with Gasteiger partial charge in [0.15, 0.2) is 0 Å². The summed E-state index contributed by atoms with van der Waals surface area (Å²) in [5.41, 5.74) is 0. The van der Waals surface area contributed by atoms with Crippen molar-refractivity contribution in [2.24, 2.45) is 11.8 Å². The molecule has 3 nitrogen and oxygen atoms in total. The van der Waals surface area contributed by atoms with Crippen molar-refractivity contribution >= 4 is 30.1 Å². The Bertz CT molecular complexity index is 558. The molecular weight excluding hydrogens is 352 g/mol. The monoisotopic (exact) mass is 380 g/mol. The van der Waals surface area contributed by atoms with E-state index in [1.165, 1.54) is 37.0 Å². The van der Waals surface area contributed by atoms with Crippen LogP contribution >= 0.6 is 24.2 Å². The summed E-state index contributed by atoms with van der Waals surface area (Å²) >= 11 is 1.93. The maximum atomic E-state index is 12.7. The molecule has 0 spiro atoms. The van der Waals surface area contributed by atoms with E-state index in [9.17, 15) is 4.79 Å². The number of likely N-dealkylation sites (tertiary alicyclic amines) is 1. The molecule has 3 aliphatic heterocycles. The largest absolute Gasteiger partial charge is 0.342 e. The predicted molar refractivity (Wildman–Crippen MR) is 106 cm³/mol. The van der Waals surface area contributed by atoms with Crippen LogP contribution in [0.15, 0.2) is 35.2 Å². The maximum absolute atomic E-state index is 12.7. The van der Waals surface area contributed by atoms with Gasteiger partial charge in [-0.15, -0.1) is 24.2 Å².